The van der Waals surface area contributed by atoms with Crippen molar-refractivity contribution < 1.29 is 0 Å². The van der Waals surface area contributed by atoms with Crippen LogP contribution in [0.15, 0.2) is 218 Å². The van der Waals surface area contributed by atoms with Crippen LogP contribution in [0.3, 0.4) is 0 Å². The number of benzene rings is 12. The van der Waals surface area contributed by atoms with Crippen molar-refractivity contribution in [3.8, 4) is 66.8 Å². The molecule has 828 valence electrons. The van der Waals surface area contributed by atoms with E-state index in [9.17, 15) is 0 Å². The Kier molecular flexibility index (Phi) is 69.1. The van der Waals surface area contributed by atoms with Crippen molar-refractivity contribution in [2.24, 2.45) is 0 Å². The lowest BCUT2D eigenvalue weighted by molar-refractivity contribution is 0.380. The summed E-state index contributed by atoms with van der Waals surface area (Å²) in [6.45, 7) is 60.0. The molecule has 12 nitrogen and oxygen atoms in total. The van der Waals surface area contributed by atoms with E-state index in [2.05, 4.69) is 446 Å². The predicted octanol–water partition coefficient (Wildman–Crippen LogP) is 32.6. The highest BCUT2D eigenvalue weighted by atomic mass is 15.1. The Labute approximate surface area is 923 Å². The van der Waals surface area contributed by atoms with Gasteiger partial charge in [-0.3, -0.25) is 0 Å². The molecule has 18 rings (SSSR count). The van der Waals surface area contributed by atoms with E-state index < -0.39 is 0 Å². The minimum atomic E-state index is 0.996. The first-order valence-electron chi connectivity index (χ1n) is 57.4. The third kappa shape index (κ3) is 41.9. The highest BCUT2D eigenvalue weighted by Crippen LogP contribution is 2.47. The summed E-state index contributed by atoms with van der Waals surface area (Å²) >= 11 is 0. The molecular formula is C138H216N12. The summed E-state index contributed by atoms with van der Waals surface area (Å²) < 4.78 is 0. The largest absolute Gasteiger partial charge is 0.305 e. The third-order valence-corrected chi connectivity index (χ3v) is 24.4. The maximum atomic E-state index is 2.39. The summed E-state index contributed by atoms with van der Waals surface area (Å²) in [6, 6.07) is 81.9. The average Bonchev–Trinajstić information content (AvgIpc) is 1.61. The zero-order valence-corrected chi connectivity index (χ0v) is 105. The zero-order valence-electron chi connectivity index (χ0n) is 105. The number of hydrogen-bond acceptors (Lipinski definition) is 12. The molecule has 12 aromatic carbocycles. The summed E-state index contributed by atoms with van der Waals surface area (Å²) in [7, 11) is 51.2. The van der Waals surface area contributed by atoms with Gasteiger partial charge in [0.15, 0.2) is 0 Å². The molecule has 0 bridgehead atoms. The molecule has 12 aromatic rings. The van der Waals surface area contributed by atoms with Crippen LogP contribution in [0.5, 0.6) is 0 Å². The van der Waals surface area contributed by atoms with Gasteiger partial charge in [-0.1, -0.05) is 360 Å². The van der Waals surface area contributed by atoms with Crippen molar-refractivity contribution in [3.63, 3.8) is 0 Å². The summed E-state index contributed by atoms with van der Waals surface area (Å²) in [5, 5.41) is 0. The van der Waals surface area contributed by atoms with Gasteiger partial charge in [0.1, 0.15) is 0 Å². The van der Waals surface area contributed by atoms with Gasteiger partial charge in [0.05, 0.1) is 0 Å². The van der Waals surface area contributed by atoms with Crippen LogP contribution in [-0.2, 0) is 117 Å². The van der Waals surface area contributed by atoms with Gasteiger partial charge in [0, 0.05) is 78.5 Å². The molecule has 6 aliphatic carbocycles. The Bertz CT molecular complexity index is 5640. The van der Waals surface area contributed by atoms with E-state index >= 15 is 0 Å². The fourth-order valence-electron chi connectivity index (χ4n) is 19.8. The van der Waals surface area contributed by atoms with Crippen LogP contribution in [0.4, 0.5) is 0 Å². The molecular weight excluding hydrogens is 1830 g/mol. The highest BCUT2D eigenvalue weighted by Gasteiger charge is 2.30. The number of hydrogen-bond donors (Lipinski definition) is 0. The van der Waals surface area contributed by atoms with Gasteiger partial charge < -0.3 is 58.8 Å². The second-order valence-electron chi connectivity index (χ2n) is 39.5. The van der Waals surface area contributed by atoms with Crippen LogP contribution >= 0.6 is 0 Å². The second-order valence-corrected chi connectivity index (χ2v) is 39.5. The van der Waals surface area contributed by atoms with E-state index in [1.54, 1.807) is 0 Å². The average molecular weight is 2040 g/mol. The van der Waals surface area contributed by atoms with Gasteiger partial charge >= 0.3 is 0 Å². The van der Waals surface area contributed by atoms with Crippen LogP contribution in [0.1, 0.15) is 300 Å². The maximum Gasteiger partial charge on any atom is 0.0233 e. The number of rotatable bonds is 24. The molecule has 0 heterocycles. The minimum Gasteiger partial charge on any atom is -0.305 e. The summed E-state index contributed by atoms with van der Waals surface area (Å²) in [4.78, 5) is 26.9. The normalized spacial score (nSPS) is 11.3. The van der Waals surface area contributed by atoms with Gasteiger partial charge in [-0.15, -0.1) is 0 Å². The van der Waals surface area contributed by atoms with Crippen molar-refractivity contribution in [2.45, 2.75) is 283 Å². The monoisotopic (exact) mass is 2040 g/mol. The molecule has 0 radical (unpaired) electrons. The second kappa shape index (κ2) is 75.0. The van der Waals surface area contributed by atoms with Crippen molar-refractivity contribution in [2.75, 3.05) is 169 Å². The van der Waals surface area contributed by atoms with Crippen LogP contribution in [-0.4, -0.2) is 228 Å². The molecule has 0 amide bonds. The van der Waals surface area contributed by atoms with E-state index in [1.165, 1.54) is 200 Å². The Morgan fingerprint density at radius 3 is 0.760 bits per heavy atom. The fourth-order valence-corrected chi connectivity index (χ4v) is 19.8. The van der Waals surface area contributed by atoms with Gasteiger partial charge in [0.25, 0.3) is 0 Å². The lowest BCUT2D eigenvalue weighted by atomic mass is 9.95. The van der Waals surface area contributed by atoms with Gasteiger partial charge in [0.2, 0.25) is 0 Å². The lowest BCUT2D eigenvalue weighted by Gasteiger charge is -2.20. The molecule has 0 N–H and O–H groups in total. The Morgan fingerprint density at radius 2 is 0.387 bits per heavy atom. The molecule has 0 unspecified atom stereocenters. The fraction of sp³-hybridized carbons (Fsp3) is 0.478. The Balaban J connectivity index is 0.000000863. The number of nitrogens with zero attached hydrogens (tertiary/aromatic N) is 12. The standard InChI is InChI=1S/6C19H24N2.12C2H6/c1-20(2)12-14-5-7-16-11-17-8-6-15(13-21(3)4)10-19(17)18(16)9-14;1-20(2)12-16-9-5-7-14-11-15-8-6-10-17(13-21(3)4)19(15)18(14)16;1-20(2)12-14-8-9-15-11-16-6-5-7-17(13-21(3)4)19(16)18(15)10-14;1-20(2)12-14-8-9-18-17(10-14)11-15-6-5-7-16(19(15)18)13-21(3)4;1-20(2)12-14-9-16(13-21(3)4)18-11-15-7-5-6-8-17(15)19(18)10-14;1-20(2)12-15-9-10-17-16-8-6-5-7-14(16)11-18(17)19(15)13-21(3)4;12*1-2/h6*5-10H,11-13H2,1-4H3;12*1-2H3. The van der Waals surface area contributed by atoms with Gasteiger partial charge in [-0.05, 0) is 432 Å². The van der Waals surface area contributed by atoms with Crippen molar-refractivity contribution in [1.82, 2.24) is 58.8 Å². The molecule has 0 atom stereocenters. The van der Waals surface area contributed by atoms with Gasteiger partial charge in [-0.2, -0.15) is 0 Å². The first kappa shape index (κ1) is 138. The highest BCUT2D eigenvalue weighted by molar-refractivity contribution is 5.85. The van der Waals surface area contributed by atoms with Crippen molar-refractivity contribution in [3.05, 3.63) is 352 Å². The smallest absolute Gasteiger partial charge is 0.0233 e. The Morgan fingerprint density at radius 1 is 0.140 bits per heavy atom. The minimum absolute atomic E-state index is 0.996. The third-order valence-electron chi connectivity index (χ3n) is 24.4. The molecule has 0 fully saturated rings. The summed E-state index contributed by atoms with van der Waals surface area (Å²) in [5.74, 6) is 0. The van der Waals surface area contributed by atoms with E-state index in [0.29, 0.717) is 0 Å². The van der Waals surface area contributed by atoms with E-state index in [1.807, 2.05) is 166 Å². The van der Waals surface area contributed by atoms with E-state index in [0.717, 1.165) is 117 Å². The van der Waals surface area contributed by atoms with Crippen LogP contribution in [0, 0.1) is 0 Å². The van der Waals surface area contributed by atoms with Gasteiger partial charge in [-0.25, -0.2) is 0 Å². The molecule has 0 spiro atoms. The van der Waals surface area contributed by atoms with Crippen molar-refractivity contribution >= 4 is 0 Å². The zero-order chi connectivity index (χ0) is 114. The summed E-state index contributed by atoms with van der Waals surface area (Å²) in [6.07, 6.45) is 6.47. The SMILES string of the molecule is CC.CC.CC.CC.CC.CC.CC.CC.CC.CC.CC.CC.CN(C)Cc1cc(CN(C)C)c2c(c1)-c1ccccc1C2.CN(C)Cc1ccc2c(c1)-c1c(cccc1CN(C)C)C2.CN(C)Cc1ccc2c(c1)-c1cc(CN(C)C)ccc1C2.CN(C)Cc1ccc2c(c1)Cc1cccc(CN(C)C)c1-2.CN(C)Cc1ccc2c(c1CN(C)C)Cc1ccccc1-2.CN(C)Cc1cccc2c1-c1c(cccc1CN(C)C)C2. The summed E-state index contributed by atoms with van der Waals surface area (Å²) in [5.41, 5.74) is 52.4. The predicted molar refractivity (Wildman–Crippen MR) is 673 cm³/mol. The molecule has 0 saturated carbocycles. The topological polar surface area (TPSA) is 38.9 Å². The molecule has 0 saturated heterocycles. The van der Waals surface area contributed by atoms with Crippen LogP contribution in [0.2, 0.25) is 0 Å². The van der Waals surface area contributed by atoms with Crippen LogP contribution < -0.4 is 0 Å². The van der Waals surface area contributed by atoms with E-state index in [-0.39, 0.29) is 0 Å². The molecule has 0 aromatic heterocycles. The quantitative estimate of drug-likeness (QED) is 0.0579. The first-order chi connectivity index (χ1) is 72.3. The molecule has 0 aliphatic heterocycles. The molecule has 12 heteroatoms. The number of fused-ring (bicyclic) bond motifs is 18. The lowest BCUT2D eigenvalue weighted by Crippen LogP contribution is -2.18. The molecule has 6 aliphatic rings. The van der Waals surface area contributed by atoms with Crippen molar-refractivity contribution in [1.29, 1.82) is 0 Å². The molecule has 150 heavy (non-hydrogen) atoms. The maximum absolute atomic E-state index is 2.39. The first-order valence-corrected chi connectivity index (χ1v) is 57.4. The Hall–Kier alpha value is -9.84. The van der Waals surface area contributed by atoms with E-state index in [4.69, 9.17) is 0 Å². The van der Waals surface area contributed by atoms with Crippen LogP contribution in [0.25, 0.3) is 66.8 Å².